The first-order valence-corrected chi connectivity index (χ1v) is 8.34. The first-order chi connectivity index (χ1) is 10.6. The number of hydrogen-bond donors (Lipinski definition) is 2. The SMILES string of the molecule is CCN(CC)Cc1ccccc1CNC(=NC)NCC(C)C. The van der Waals surface area contributed by atoms with Gasteiger partial charge in [0.1, 0.15) is 0 Å². The van der Waals surface area contributed by atoms with E-state index in [0.717, 1.165) is 38.7 Å². The number of nitrogens with one attached hydrogen (secondary N) is 2. The summed E-state index contributed by atoms with van der Waals surface area (Å²) in [7, 11) is 1.82. The summed E-state index contributed by atoms with van der Waals surface area (Å²) in [6, 6.07) is 8.64. The van der Waals surface area contributed by atoms with Crippen molar-refractivity contribution >= 4 is 5.96 Å². The summed E-state index contributed by atoms with van der Waals surface area (Å²) in [6.45, 7) is 13.7. The Hall–Kier alpha value is -1.55. The monoisotopic (exact) mass is 304 g/mol. The zero-order valence-electron chi connectivity index (χ0n) is 14.8. The molecule has 0 saturated heterocycles. The van der Waals surface area contributed by atoms with Gasteiger partial charge in [0.05, 0.1) is 0 Å². The lowest BCUT2D eigenvalue weighted by molar-refractivity contribution is 0.295. The van der Waals surface area contributed by atoms with E-state index in [2.05, 4.69) is 72.5 Å². The Labute approximate surface area is 136 Å². The summed E-state index contributed by atoms with van der Waals surface area (Å²) in [5.74, 6) is 1.47. The Balaban J connectivity index is 2.65. The second-order valence-corrected chi connectivity index (χ2v) is 5.93. The van der Waals surface area contributed by atoms with Crippen LogP contribution in [0, 0.1) is 5.92 Å². The quantitative estimate of drug-likeness (QED) is 0.573. The minimum Gasteiger partial charge on any atom is -0.356 e. The van der Waals surface area contributed by atoms with Gasteiger partial charge in [-0.3, -0.25) is 9.89 Å². The number of rotatable bonds is 8. The molecule has 1 rings (SSSR count). The number of guanidine groups is 1. The number of aliphatic imine (C=N–C) groups is 1. The maximum atomic E-state index is 4.28. The molecule has 0 bridgehead atoms. The van der Waals surface area contributed by atoms with Gasteiger partial charge in [-0.05, 0) is 30.1 Å². The topological polar surface area (TPSA) is 39.7 Å². The smallest absolute Gasteiger partial charge is 0.191 e. The van der Waals surface area contributed by atoms with Crippen LogP contribution in [0.4, 0.5) is 0 Å². The van der Waals surface area contributed by atoms with Gasteiger partial charge < -0.3 is 10.6 Å². The van der Waals surface area contributed by atoms with E-state index in [4.69, 9.17) is 0 Å². The zero-order valence-corrected chi connectivity index (χ0v) is 14.8. The van der Waals surface area contributed by atoms with Crippen molar-refractivity contribution in [1.82, 2.24) is 15.5 Å². The summed E-state index contributed by atoms with van der Waals surface area (Å²) in [5, 5.41) is 6.76. The van der Waals surface area contributed by atoms with Crippen LogP contribution in [0.15, 0.2) is 29.3 Å². The van der Waals surface area contributed by atoms with E-state index in [9.17, 15) is 0 Å². The fraction of sp³-hybridized carbons (Fsp3) is 0.611. The molecule has 0 fully saturated rings. The Morgan fingerprint density at radius 1 is 1.09 bits per heavy atom. The van der Waals surface area contributed by atoms with Crippen LogP contribution in [0.2, 0.25) is 0 Å². The molecule has 1 aromatic carbocycles. The average Bonchev–Trinajstić information content (AvgIpc) is 2.53. The predicted octanol–water partition coefficient (Wildman–Crippen LogP) is 2.85. The van der Waals surface area contributed by atoms with Crippen LogP contribution in [0.5, 0.6) is 0 Å². The van der Waals surface area contributed by atoms with Crippen LogP contribution in [-0.2, 0) is 13.1 Å². The van der Waals surface area contributed by atoms with Gasteiger partial charge in [-0.15, -0.1) is 0 Å². The molecule has 0 heterocycles. The molecule has 22 heavy (non-hydrogen) atoms. The van der Waals surface area contributed by atoms with Crippen LogP contribution >= 0.6 is 0 Å². The van der Waals surface area contributed by atoms with Crippen molar-refractivity contribution in [3.05, 3.63) is 35.4 Å². The summed E-state index contributed by atoms with van der Waals surface area (Å²) in [4.78, 5) is 6.72. The Morgan fingerprint density at radius 3 is 2.27 bits per heavy atom. The van der Waals surface area contributed by atoms with Crippen LogP contribution in [0.25, 0.3) is 0 Å². The third-order valence-electron chi connectivity index (χ3n) is 3.75. The zero-order chi connectivity index (χ0) is 16.4. The lowest BCUT2D eigenvalue weighted by Crippen LogP contribution is -2.38. The molecule has 0 aromatic heterocycles. The van der Waals surface area contributed by atoms with Gasteiger partial charge in [0.15, 0.2) is 5.96 Å². The maximum Gasteiger partial charge on any atom is 0.191 e. The van der Waals surface area contributed by atoms with E-state index in [-0.39, 0.29) is 0 Å². The number of nitrogens with zero attached hydrogens (tertiary/aromatic N) is 2. The van der Waals surface area contributed by atoms with Crippen LogP contribution in [-0.4, -0.2) is 37.5 Å². The number of benzene rings is 1. The number of hydrogen-bond acceptors (Lipinski definition) is 2. The fourth-order valence-electron chi connectivity index (χ4n) is 2.27. The molecular weight excluding hydrogens is 272 g/mol. The molecule has 2 N–H and O–H groups in total. The third kappa shape index (κ3) is 6.48. The van der Waals surface area contributed by atoms with E-state index in [1.807, 2.05) is 7.05 Å². The molecule has 0 amide bonds. The second kappa shape index (κ2) is 10.2. The van der Waals surface area contributed by atoms with Gasteiger partial charge in [0, 0.05) is 26.7 Å². The highest BCUT2D eigenvalue weighted by Crippen LogP contribution is 2.11. The molecule has 124 valence electrons. The van der Waals surface area contributed by atoms with Crippen molar-refractivity contribution in [2.24, 2.45) is 10.9 Å². The molecule has 1 aromatic rings. The highest BCUT2D eigenvalue weighted by atomic mass is 15.2. The van der Waals surface area contributed by atoms with Gasteiger partial charge >= 0.3 is 0 Å². The first-order valence-electron chi connectivity index (χ1n) is 8.34. The van der Waals surface area contributed by atoms with Crippen LogP contribution < -0.4 is 10.6 Å². The van der Waals surface area contributed by atoms with E-state index >= 15 is 0 Å². The molecule has 0 aliphatic carbocycles. The lowest BCUT2D eigenvalue weighted by Gasteiger charge is -2.21. The lowest BCUT2D eigenvalue weighted by atomic mass is 10.1. The average molecular weight is 304 g/mol. The Morgan fingerprint density at radius 2 is 1.73 bits per heavy atom. The van der Waals surface area contributed by atoms with Crippen molar-refractivity contribution in [1.29, 1.82) is 0 Å². The highest BCUT2D eigenvalue weighted by Gasteiger charge is 2.07. The van der Waals surface area contributed by atoms with Gasteiger partial charge in [-0.25, -0.2) is 0 Å². The maximum absolute atomic E-state index is 4.28. The largest absolute Gasteiger partial charge is 0.356 e. The van der Waals surface area contributed by atoms with Gasteiger partial charge in [0.2, 0.25) is 0 Å². The minimum absolute atomic E-state index is 0.605. The minimum atomic E-state index is 0.605. The molecule has 0 saturated carbocycles. The van der Waals surface area contributed by atoms with Crippen molar-refractivity contribution < 1.29 is 0 Å². The molecule has 0 aliphatic heterocycles. The summed E-state index contributed by atoms with van der Waals surface area (Å²) >= 11 is 0. The normalized spacial score (nSPS) is 12.0. The first kappa shape index (κ1) is 18.5. The third-order valence-corrected chi connectivity index (χ3v) is 3.75. The van der Waals surface area contributed by atoms with E-state index < -0.39 is 0 Å². The van der Waals surface area contributed by atoms with Crippen molar-refractivity contribution in [3.63, 3.8) is 0 Å². The van der Waals surface area contributed by atoms with E-state index in [0.29, 0.717) is 5.92 Å². The van der Waals surface area contributed by atoms with Crippen molar-refractivity contribution in [3.8, 4) is 0 Å². The Kier molecular flexibility index (Phi) is 8.60. The van der Waals surface area contributed by atoms with Gasteiger partial charge in [-0.2, -0.15) is 0 Å². The van der Waals surface area contributed by atoms with Crippen molar-refractivity contribution in [2.45, 2.75) is 40.8 Å². The molecule has 4 nitrogen and oxygen atoms in total. The fourth-order valence-corrected chi connectivity index (χ4v) is 2.27. The molecule has 0 atom stereocenters. The standard InChI is InChI=1S/C18H32N4/c1-6-22(7-2)14-17-11-9-8-10-16(17)13-21-18(19-5)20-12-15(3)4/h8-11,15H,6-7,12-14H2,1-5H3,(H2,19,20,21). The molecule has 0 radical (unpaired) electrons. The van der Waals surface area contributed by atoms with Crippen LogP contribution in [0.3, 0.4) is 0 Å². The van der Waals surface area contributed by atoms with E-state index in [1.54, 1.807) is 0 Å². The predicted molar refractivity (Wildman–Crippen MR) is 96.1 cm³/mol. The van der Waals surface area contributed by atoms with Crippen LogP contribution in [0.1, 0.15) is 38.8 Å². The molecule has 4 heteroatoms. The molecular formula is C18H32N4. The Bertz CT molecular complexity index is 450. The molecule has 0 aliphatic rings. The van der Waals surface area contributed by atoms with Gasteiger partial charge in [-0.1, -0.05) is 52.0 Å². The highest BCUT2D eigenvalue weighted by molar-refractivity contribution is 5.79. The van der Waals surface area contributed by atoms with Gasteiger partial charge in [0.25, 0.3) is 0 Å². The summed E-state index contributed by atoms with van der Waals surface area (Å²) in [6.07, 6.45) is 0. The second-order valence-electron chi connectivity index (χ2n) is 5.93. The molecule has 0 unspecified atom stereocenters. The summed E-state index contributed by atoms with van der Waals surface area (Å²) in [5.41, 5.74) is 2.72. The van der Waals surface area contributed by atoms with E-state index in [1.165, 1.54) is 11.1 Å². The summed E-state index contributed by atoms with van der Waals surface area (Å²) < 4.78 is 0. The van der Waals surface area contributed by atoms with Crippen molar-refractivity contribution in [2.75, 3.05) is 26.7 Å². The molecule has 0 spiro atoms.